The summed E-state index contributed by atoms with van der Waals surface area (Å²) in [5.74, 6) is 0.336. The first-order valence-electron chi connectivity index (χ1n) is 8.93. The van der Waals surface area contributed by atoms with Crippen molar-refractivity contribution >= 4 is 15.9 Å². The summed E-state index contributed by atoms with van der Waals surface area (Å²) >= 11 is 0. The fourth-order valence-corrected chi connectivity index (χ4v) is 5.46. The van der Waals surface area contributed by atoms with Gasteiger partial charge in [0.25, 0.3) is 5.91 Å². The average Bonchev–Trinajstić information content (AvgIpc) is 3.06. The van der Waals surface area contributed by atoms with Crippen molar-refractivity contribution in [2.45, 2.75) is 39.5 Å². The highest BCUT2D eigenvalue weighted by atomic mass is 32.2. The molecule has 1 aromatic carbocycles. The van der Waals surface area contributed by atoms with Crippen LogP contribution in [0.5, 0.6) is 0 Å². The van der Waals surface area contributed by atoms with Crippen LogP contribution in [0.1, 0.15) is 38.5 Å². The van der Waals surface area contributed by atoms with Gasteiger partial charge in [-0.3, -0.25) is 4.79 Å². The Balaban J connectivity index is 1.81. The molecule has 1 aromatic heterocycles. The summed E-state index contributed by atoms with van der Waals surface area (Å²) < 4.78 is 33.0. The summed E-state index contributed by atoms with van der Waals surface area (Å²) in [6.45, 7) is 10.5. The van der Waals surface area contributed by atoms with Crippen molar-refractivity contribution < 1.29 is 17.7 Å². The maximum atomic E-state index is 13.3. The van der Waals surface area contributed by atoms with Crippen molar-refractivity contribution in [1.82, 2.24) is 14.4 Å². The lowest BCUT2D eigenvalue weighted by Gasteiger charge is -2.34. The molecule has 0 saturated carbocycles. The molecule has 1 fully saturated rings. The number of carbonyl (C=O) groups excluding carboxylic acids is 1. The number of hydrogen-bond donors (Lipinski definition) is 0. The van der Waals surface area contributed by atoms with E-state index in [1.807, 2.05) is 33.8 Å². The Morgan fingerprint density at radius 2 is 1.52 bits per heavy atom. The van der Waals surface area contributed by atoms with E-state index < -0.39 is 10.0 Å². The minimum absolute atomic E-state index is 0.234. The van der Waals surface area contributed by atoms with Crippen LogP contribution >= 0.6 is 0 Å². The van der Waals surface area contributed by atoms with Crippen molar-refractivity contribution in [3.05, 3.63) is 45.8 Å². The van der Waals surface area contributed by atoms with Crippen LogP contribution in [-0.4, -0.2) is 54.9 Å². The molecule has 7 nitrogen and oxygen atoms in total. The van der Waals surface area contributed by atoms with E-state index in [0.29, 0.717) is 23.7 Å². The topological polar surface area (TPSA) is 83.7 Å². The van der Waals surface area contributed by atoms with Crippen LogP contribution in [0.2, 0.25) is 0 Å². The third kappa shape index (κ3) is 3.51. The summed E-state index contributed by atoms with van der Waals surface area (Å²) in [4.78, 5) is 14.5. The zero-order valence-corrected chi connectivity index (χ0v) is 17.2. The van der Waals surface area contributed by atoms with Crippen LogP contribution < -0.4 is 0 Å². The summed E-state index contributed by atoms with van der Waals surface area (Å²) in [6, 6.07) is 3.61. The number of benzene rings is 1. The van der Waals surface area contributed by atoms with E-state index in [4.69, 9.17) is 4.52 Å². The number of hydrogen-bond acceptors (Lipinski definition) is 5. The van der Waals surface area contributed by atoms with E-state index in [1.54, 1.807) is 17.9 Å². The number of amides is 1. The van der Waals surface area contributed by atoms with Gasteiger partial charge in [-0.2, -0.15) is 4.31 Å². The lowest BCUT2D eigenvalue weighted by atomic mass is 10.0. The number of piperazine rings is 1. The lowest BCUT2D eigenvalue weighted by molar-refractivity contribution is 0.0687. The second-order valence-electron chi connectivity index (χ2n) is 7.11. The van der Waals surface area contributed by atoms with Gasteiger partial charge < -0.3 is 9.42 Å². The van der Waals surface area contributed by atoms with Gasteiger partial charge in [-0.25, -0.2) is 8.42 Å². The fraction of sp³-hybridized carbons (Fsp3) is 0.474. The zero-order chi connectivity index (χ0) is 19.9. The molecule has 2 aromatic rings. The standard InChI is InChI=1S/C19H25N3O4S/c1-12-10-13(2)16(5)18(15(12)4)27(24,25)22-8-6-21(7-9-22)19(23)17-11-14(3)26-20-17/h10-11H,6-9H2,1-5H3. The highest BCUT2D eigenvalue weighted by Crippen LogP contribution is 2.29. The van der Waals surface area contributed by atoms with Gasteiger partial charge in [0.2, 0.25) is 10.0 Å². The SMILES string of the molecule is Cc1cc(C(=O)N2CCN(S(=O)(=O)c3c(C)c(C)cc(C)c3C)CC2)no1. The largest absolute Gasteiger partial charge is 0.361 e. The Bertz CT molecular complexity index is 960. The molecular weight excluding hydrogens is 366 g/mol. The molecular formula is C19H25N3O4S. The lowest BCUT2D eigenvalue weighted by Crippen LogP contribution is -2.50. The summed E-state index contributed by atoms with van der Waals surface area (Å²) in [6.07, 6.45) is 0. The number of aryl methyl sites for hydroxylation is 3. The number of carbonyl (C=O) groups is 1. The second kappa shape index (κ2) is 7.09. The molecule has 27 heavy (non-hydrogen) atoms. The maximum absolute atomic E-state index is 13.3. The maximum Gasteiger partial charge on any atom is 0.276 e. The smallest absolute Gasteiger partial charge is 0.276 e. The van der Waals surface area contributed by atoms with Gasteiger partial charge in [-0.05, 0) is 56.9 Å². The molecule has 0 unspecified atom stereocenters. The molecule has 0 aliphatic carbocycles. The molecule has 1 aliphatic rings. The minimum atomic E-state index is -3.62. The van der Waals surface area contributed by atoms with Crippen molar-refractivity contribution in [3.63, 3.8) is 0 Å². The van der Waals surface area contributed by atoms with Crippen LogP contribution in [0, 0.1) is 34.6 Å². The summed E-state index contributed by atoms with van der Waals surface area (Å²) in [7, 11) is -3.62. The Labute approximate surface area is 160 Å². The van der Waals surface area contributed by atoms with Gasteiger partial charge in [0.1, 0.15) is 5.76 Å². The third-order valence-corrected chi connectivity index (χ3v) is 7.44. The molecule has 0 atom stereocenters. The summed E-state index contributed by atoms with van der Waals surface area (Å²) in [5, 5.41) is 3.75. The highest BCUT2D eigenvalue weighted by molar-refractivity contribution is 7.89. The summed E-state index contributed by atoms with van der Waals surface area (Å²) in [5.41, 5.74) is 3.76. The van der Waals surface area contributed by atoms with Gasteiger partial charge in [0.15, 0.2) is 5.69 Å². The van der Waals surface area contributed by atoms with Gasteiger partial charge in [-0.15, -0.1) is 0 Å². The fourth-order valence-electron chi connectivity index (χ4n) is 3.46. The molecule has 8 heteroatoms. The molecule has 2 heterocycles. The molecule has 1 saturated heterocycles. The van der Waals surface area contributed by atoms with Crippen LogP contribution in [0.3, 0.4) is 0 Å². The third-order valence-electron chi connectivity index (χ3n) is 5.27. The van der Waals surface area contributed by atoms with E-state index in [-0.39, 0.29) is 24.7 Å². The Morgan fingerprint density at radius 1 is 0.963 bits per heavy atom. The number of rotatable bonds is 3. The molecule has 0 spiro atoms. The van der Waals surface area contributed by atoms with E-state index in [9.17, 15) is 13.2 Å². The normalized spacial score (nSPS) is 16.0. The van der Waals surface area contributed by atoms with E-state index in [2.05, 4.69) is 5.16 Å². The molecule has 1 amide bonds. The number of nitrogens with zero attached hydrogens (tertiary/aromatic N) is 3. The molecule has 0 bridgehead atoms. The first kappa shape index (κ1) is 19.6. The molecule has 0 radical (unpaired) electrons. The van der Waals surface area contributed by atoms with Gasteiger partial charge >= 0.3 is 0 Å². The van der Waals surface area contributed by atoms with Crippen LogP contribution in [0.4, 0.5) is 0 Å². The Hall–Kier alpha value is -2.19. The molecule has 0 N–H and O–H groups in total. The van der Waals surface area contributed by atoms with Crippen molar-refractivity contribution in [2.75, 3.05) is 26.2 Å². The average molecular weight is 391 g/mol. The van der Waals surface area contributed by atoms with Gasteiger partial charge in [0.05, 0.1) is 4.90 Å². The Morgan fingerprint density at radius 3 is 2.00 bits per heavy atom. The highest BCUT2D eigenvalue weighted by Gasteiger charge is 2.33. The van der Waals surface area contributed by atoms with Crippen LogP contribution in [0.15, 0.2) is 21.6 Å². The van der Waals surface area contributed by atoms with E-state index in [1.165, 1.54) is 4.31 Å². The monoisotopic (exact) mass is 391 g/mol. The molecule has 1 aliphatic heterocycles. The van der Waals surface area contributed by atoms with Crippen molar-refractivity contribution in [2.24, 2.45) is 0 Å². The van der Waals surface area contributed by atoms with E-state index >= 15 is 0 Å². The van der Waals surface area contributed by atoms with Crippen molar-refractivity contribution in [1.29, 1.82) is 0 Å². The first-order chi connectivity index (χ1) is 12.6. The number of sulfonamides is 1. The zero-order valence-electron chi connectivity index (χ0n) is 16.4. The van der Waals surface area contributed by atoms with Gasteiger partial charge in [-0.1, -0.05) is 11.2 Å². The first-order valence-corrected chi connectivity index (χ1v) is 10.4. The van der Waals surface area contributed by atoms with Crippen LogP contribution in [0.25, 0.3) is 0 Å². The minimum Gasteiger partial charge on any atom is -0.361 e. The quantitative estimate of drug-likeness (QED) is 0.802. The molecule has 146 valence electrons. The second-order valence-corrected chi connectivity index (χ2v) is 8.98. The Kier molecular flexibility index (Phi) is 5.14. The van der Waals surface area contributed by atoms with Crippen molar-refractivity contribution in [3.8, 4) is 0 Å². The molecule has 3 rings (SSSR count). The number of aromatic nitrogens is 1. The predicted octanol–water partition coefficient (Wildman–Crippen LogP) is 2.36. The predicted molar refractivity (Wildman–Crippen MR) is 101 cm³/mol. The van der Waals surface area contributed by atoms with Crippen LogP contribution in [-0.2, 0) is 10.0 Å². The van der Waals surface area contributed by atoms with Gasteiger partial charge in [0, 0.05) is 32.2 Å². The van der Waals surface area contributed by atoms with E-state index in [0.717, 1.165) is 22.3 Å².